The van der Waals surface area contributed by atoms with Gasteiger partial charge in [-0.05, 0) is 54.9 Å². The van der Waals surface area contributed by atoms with E-state index < -0.39 is 54.0 Å². The quantitative estimate of drug-likeness (QED) is 0.338. The summed E-state index contributed by atoms with van der Waals surface area (Å²) in [5.41, 5.74) is 4.35. The summed E-state index contributed by atoms with van der Waals surface area (Å²) >= 11 is 0. The fourth-order valence-electron chi connectivity index (χ4n) is 5.60. The first-order valence-electron chi connectivity index (χ1n) is 14.2. The second kappa shape index (κ2) is 13.1. The van der Waals surface area contributed by atoms with Gasteiger partial charge in [-0.15, -0.1) is 0 Å². The first-order valence-corrected chi connectivity index (χ1v) is 14.2. The molecule has 0 spiro atoms. The predicted molar refractivity (Wildman–Crippen MR) is 154 cm³/mol. The number of nitrogens with one attached hydrogen (secondary N) is 3. The molecule has 2 aliphatic rings. The second-order valence-corrected chi connectivity index (χ2v) is 11.2. The number of alkyl carbamates (subject to hydrolysis) is 1. The van der Waals surface area contributed by atoms with Crippen LogP contribution in [-0.2, 0) is 23.9 Å². The topological polar surface area (TPSA) is 154 Å². The molecule has 1 fully saturated rings. The highest BCUT2D eigenvalue weighted by molar-refractivity contribution is 5.94. The number of carboxylic acid groups (broad SMARTS) is 1. The van der Waals surface area contributed by atoms with Crippen LogP contribution in [0.25, 0.3) is 11.1 Å². The molecular formula is C31H38N4O7. The molecule has 0 aromatic heterocycles. The van der Waals surface area contributed by atoms with Crippen molar-refractivity contribution >= 4 is 29.8 Å². The number of amides is 4. The van der Waals surface area contributed by atoms with Crippen LogP contribution in [0.2, 0.25) is 0 Å². The van der Waals surface area contributed by atoms with Crippen LogP contribution in [0, 0.1) is 5.92 Å². The minimum atomic E-state index is -1.15. The van der Waals surface area contributed by atoms with Crippen LogP contribution < -0.4 is 16.0 Å². The molecule has 1 aliphatic heterocycles. The summed E-state index contributed by atoms with van der Waals surface area (Å²) in [7, 11) is 0. The van der Waals surface area contributed by atoms with Crippen LogP contribution in [-0.4, -0.2) is 77.1 Å². The highest BCUT2D eigenvalue weighted by Gasteiger charge is 2.38. The van der Waals surface area contributed by atoms with Crippen LogP contribution in [0.15, 0.2) is 48.5 Å². The number of carboxylic acids is 1. The Balaban J connectivity index is 1.28. The van der Waals surface area contributed by atoms with Gasteiger partial charge in [0.15, 0.2) is 0 Å². The monoisotopic (exact) mass is 578 g/mol. The Morgan fingerprint density at radius 3 is 2.05 bits per heavy atom. The summed E-state index contributed by atoms with van der Waals surface area (Å²) in [6.45, 7) is 6.77. The molecule has 2 aromatic carbocycles. The van der Waals surface area contributed by atoms with Gasteiger partial charge in [0.05, 0.1) is 0 Å². The molecular weight excluding hydrogens is 540 g/mol. The van der Waals surface area contributed by atoms with Crippen molar-refractivity contribution < 1.29 is 33.8 Å². The summed E-state index contributed by atoms with van der Waals surface area (Å²) < 4.78 is 5.51. The summed E-state index contributed by atoms with van der Waals surface area (Å²) in [5.74, 6) is -3.19. The zero-order chi connectivity index (χ0) is 30.6. The molecule has 0 radical (unpaired) electrons. The number of hydrogen-bond acceptors (Lipinski definition) is 6. The van der Waals surface area contributed by atoms with E-state index in [0.29, 0.717) is 19.4 Å². The van der Waals surface area contributed by atoms with E-state index in [-0.39, 0.29) is 18.4 Å². The fraction of sp³-hybridized carbons (Fsp3) is 0.452. The summed E-state index contributed by atoms with van der Waals surface area (Å²) in [6, 6.07) is 12.1. The molecule has 1 heterocycles. The third-order valence-corrected chi connectivity index (χ3v) is 7.87. The highest BCUT2D eigenvalue weighted by atomic mass is 16.5. The van der Waals surface area contributed by atoms with Gasteiger partial charge in [0, 0.05) is 12.5 Å². The Hall–Kier alpha value is -4.41. The average Bonchev–Trinajstić information content (AvgIpc) is 3.57. The number of nitrogens with zero attached hydrogens (tertiary/aromatic N) is 1. The molecule has 11 heteroatoms. The molecule has 2 aromatic rings. The lowest BCUT2D eigenvalue weighted by atomic mass is 9.98. The van der Waals surface area contributed by atoms with Crippen LogP contribution in [0.4, 0.5) is 4.79 Å². The zero-order valence-electron chi connectivity index (χ0n) is 24.3. The number of carbonyl (C=O) groups is 5. The molecule has 4 N–H and O–H groups in total. The summed E-state index contributed by atoms with van der Waals surface area (Å²) in [6.07, 6.45) is 0.208. The van der Waals surface area contributed by atoms with Crippen molar-refractivity contribution in [3.63, 3.8) is 0 Å². The van der Waals surface area contributed by atoms with Gasteiger partial charge >= 0.3 is 12.1 Å². The number of ether oxygens (including phenoxy) is 1. The Bertz CT molecular complexity index is 1310. The summed E-state index contributed by atoms with van der Waals surface area (Å²) in [4.78, 5) is 64.2. The van der Waals surface area contributed by atoms with Crippen molar-refractivity contribution in [1.29, 1.82) is 0 Å². The Morgan fingerprint density at radius 2 is 1.48 bits per heavy atom. The van der Waals surface area contributed by atoms with Crippen molar-refractivity contribution in [1.82, 2.24) is 20.9 Å². The SMILES string of the molecule is CC(C)[C@H](NC(=O)[C@@H]1CCCN1C(=O)[C@H](C)NC(=O)[C@H](C)NC(=O)OCC1c2ccccc2-c2ccccc21)C(=O)O. The summed E-state index contributed by atoms with van der Waals surface area (Å²) in [5, 5.41) is 17.0. The Labute approximate surface area is 245 Å². The van der Waals surface area contributed by atoms with E-state index in [4.69, 9.17) is 4.74 Å². The first kappa shape index (κ1) is 30.5. The van der Waals surface area contributed by atoms with Gasteiger partial charge < -0.3 is 30.7 Å². The predicted octanol–water partition coefficient (Wildman–Crippen LogP) is 2.63. The average molecular weight is 579 g/mol. The van der Waals surface area contributed by atoms with E-state index in [9.17, 15) is 29.1 Å². The van der Waals surface area contributed by atoms with Crippen molar-refractivity contribution in [2.45, 2.75) is 70.6 Å². The van der Waals surface area contributed by atoms with E-state index >= 15 is 0 Å². The minimum absolute atomic E-state index is 0.0983. The maximum Gasteiger partial charge on any atom is 0.407 e. The van der Waals surface area contributed by atoms with Gasteiger partial charge in [-0.3, -0.25) is 14.4 Å². The molecule has 4 rings (SSSR count). The van der Waals surface area contributed by atoms with Crippen molar-refractivity contribution in [3.8, 4) is 11.1 Å². The van der Waals surface area contributed by atoms with Crippen LogP contribution in [0.5, 0.6) is 0 Å². The van der Waals surface area contributed by atoms with Gasteiger partial charge in [0.2, 0.25) is 17.7 Å². The molecule has 4 amide bonds. The van der Waals surface area contributed by atoms with Gasteiger partial charge in [0.25, 0.3) is 0 Å². The normalized spacial score (nSPS) is 17.9. The van der Waals surface area contributed by atoms with Crippen molar-refractivity contribution in [3.05, 3.63) is 59.7 Å². The molecule has 4 atom stereocenters. The lowest BCUT2D eigenvalue weighted by molar-refractivity contribution is -0.145. The van der Waals surface area contributed by atoms with E-state index in [1.165, 1.54) is 18.7 Å². The first-order chi connectivity index (χ1) is 20.0. The number of aliphatic carboxylic acids is 1. The lowest BCUT2D eigenvalue weighted by Crippen LogP contribution is -2.56. The molecule has 1 saturated heterocycles. The minimum Gasteiger partial charge on any atom is -0.480 e. The maximum absolute atomic E-state index is 13.1. The molecule has 0 saturated carbocycles. The largest absolute Gasteiger partial charge is 0.480 e. The second-order valence-electron chi connectivity index (χ2n) is 11.2. The lowest BCUT2D eigenvalue weighted by Gasteiger charge is -2.29. The highest BCUT2D eigenvalue weighted by Crippen LogP contribution is 2.44. The number of likely N-dealkylation sites (tertiary alicyclic amines) is 1. The molecule has 224 valence electrons. The molecule has 0 bridgehead atoms. The Kier molecular flexibility index (Phi) is 9.49. The van der Waals surface area contributed by atoms with Crippen molar-refractivity contribution in [2.75, 3.05) is 13.2 Å². The number of fused-ring (bicyclic) bond motifs is 3. The number of carbonyl (C=O) groups excluding carboxylic acids is 4. The Morgan fingerprint density at radius 1 is 0.881 bits per heavy atom. The van der Waals surface area contributed by atoms with Gasteiger partial charge in [-0.25, -0.2) is 9.59 Å². The molecule has 42 heavy (non-hydrogen) atoms. The fourth-order valence-corrected chi connectivity index (χ4v) is 5.60. The molecule has 1 aliphatic carbocycles. The van der Waals surface area contributed by atoms with Gasteiger partial charge in [-0.1, -0.05) is 62.4 Å². The maximum atomic E-state index is 13.1. The van der Waals surface area contributed by atoms with E-state index in [1.807, 2.05) is 48.5 Å². The van der Waals surface area contributed by atoms with Crippen molar-refractivity contribution in [2.24, 2.45) is 5.92 Å². The van der Waals surface area contributed by atoms with Crippen LogP contribution in [0.3, 0.4) is 0 Å². The van der Waals surface area contributed by atoms with Gasteiger partial charge in [0.1, 0.15) is 30.8 Å². The zero-order valence-corrected chi connectivity index (χ0v) is 24.3. The van der Waals surface area contributed by atoms with Crippen LogP contribution in [0.1, 0.15) is 57.6 Å². The molecule has 11 nitrogen and oxygen atoms in total. The van der Waals surface area contributed by atoms with E-state index in [0.717, 1.165) is 22.3 Å². The standard InChI is InChI=1S/C31H38N4O7/c1-17(2)26(30(39)40)34-28(37)25-14-9-15-35(25)29(38)19(4)32-27(36)18(3)33-31(41)42-16-24-22-12-7-5-10-20(22)21-11-6-8-13-23(21)24/h5-8,10-13,17-19,24-26H,9,14-16H2,1-4H3,(H,32,36)(H,33,41)(H,34,37)(H,39,40)/t18-,19-,25-,26-/m0/s1. The smallest absolute Gasteiger partial charge is 0.407 e. The molecule has 0 unspecified atom stereocenters. The third-order valence-electron chi connectivity index (χ3n) is 7.87. The van der Waals surface area contributed by atoms with Crippen LogP contribution >= 0.6 is 0 Å². The number of hydrogen-bond donors (Lipinski definition) is 4. The third kappa shape index (κ3) is 6.56. The van der Waals surface area contributed by atoms with E-state index in [2.05, 4.69) is 16.0 Å². The number of benzene rings is 2. The van der Waals surface area contributed by atoms with Gasteiger partial charge in [-0.2, -0.15) is 0 Å². The van der Waals surface area contributed by atoms with E-state index in [1.54, 1.807) is 13.8 Å². The number of rotatable bonds is 10.